The highest BCUT2D eigenvalue weighted by Crippen LogP contribution is 2.22. The molecule has 136 valence electrons. The number of nitrogens with zero attached hydrogens (tertiary/aromatic N) is 4. The number of anilines is 1. The molecule has 4 aromatic rings. The van der Waals surface area contributed by atoms with Crippen LogP contribution in [0, 0.1) is 13.8 Å². The smallest absolute Gasteiger partial charge is 0.319 e. The number of urea groups is 1. The molecule has 0 saturated carbocycles. The SMILES string of the molecule is Cc1ccc(NC(=O)NCc2nnc3ccc(-c4cccs4)nn23)cc1C. The van der Waals surface area contributed by atoms with Gasteiger partial charge in [-0.1, -0.05) is 12.1 Å². The first-order chi connectivity index (χ1) is 13.1. The largest absolute Gasteiger partial charge is 0.330 e. The van der Waals surface area contributed by atoms with Crippen LogP contribution in [0.2, 0.25) is 0 Å². The van der Waals surface area contributed by atoms with E-state index in [0.29, 0.717) is 11.5 Å². The van der Waals surface area contributed by atoms with Gasteiger partial charge in [-0.2, -0.15) is 9.61 Å². The molecule has 0 fully saturated rings. The number of hydrogen-bond donors (Lipinski definition) is 2. The van der Waals surface area contributed by atoms with Crippen LogP contribution in [0.1, 0.15) is 17.0 Å². The number of aryl methyl sites for hydroxylation is 2. The van der Waals surface area contributed by atoms with Gasteiger partial charge in [0.05, 0.1) is 11.4 Å². The number of thiophene rings is 1. The third-order valence-corrected chi connectivity index (χ3v) is 5.17. The van der Waals surface area contributed by atoms with Gasteiger partial charge in [-0.25, -0.2) is 4.79 Å². The van der Waals surface area contributed by atoms with Crippen LogP contribution < -0.4 is 10.6 Å². The highest BCUT2D eigenvalue weighted by atomic mass is 32.1. The van der Waals surface area contributed by atoms with Crippen LogP contribution >= 0.6 is 11.3 Å². The van der Waals surface area contributed by atoms with Gasteiger partial charge in [0.25, 0.3) is 0 Å². The van der Waals surface area contributed by atoms with Crippen LogP contribution in [0.3, 0.4) is 0 Å². The van der Waals surface area contributed by atoms with E-state index in [-0.39, 0.29) is 12.6 Å². The zero-order valence-corrected chi connectivity index (χ0v) is 15.7. The van der Waals surface area contributed by atoms with Gasteiger partial charge in [0.1, 0.15) is 5.69 Å². The molecule has 4 rings (SSSR count). The highest BCUT2D eigenvalue weighted by Gasteiger charge is 2.11. The van der Waals surface area contributed by atoms with E-state index in [9.17, 15) is 4.79 Å². The summed E-state index contributed by atoms with van der Waals surface area (Å²) in [6.45, 7) is 4.27. The Morgan fingerprint density at radius 1 is 1.11 bits per heavy atom. The second-order valence-electron chi connectivity index (χ2n) is 6.19. The Morgan fingerprint density at radius 2 is 2.00 bits per heavy atom. The van der Waals surface area contributed by atoms with Gasteiger partial charge in [-0.15, -0.1) is 21.5 Å². The van der Waals surface area contributed by atoms with Crippen molar-refractivity contribution in [2.24, 2.45) is 0 Å². The maximum Gasteiger partial charge on any atom is 0.319 e. The van der Waals surface area contributed by atoms with Gasteiger partial charge >= 0.3 is 6.03 Å². The van der Waals surface area contributed by atoms with E-state index in [1.165, 1.54) is 5.56 Å². The van der Waals surface area contributed by atoms with Crippen LogP contribution in [0.4, 0.5) is 10.5 Å². The quantitative estimate of drug-likeness (QED) is 0.566. The number of carbonyl (C=O) groups is 1. The van der Waals surface area contributed by atoms with Crippen LogP contribution in [-0.2, 0) is 6.54 Å². The van der Waals surface area contributed by atoms with Crippen LogP contribution in [0.25, 0.3) is 16.2 Å². The van der Waals surface area contributed by atoms with E-state index in [4.69, 9.17) is 0 Å². The lowest BCUT2D eigenvalue weighted by molar-refractivity contribution is 0.251. The number of rotatable bonds is 4. The second-order valence-corrected chi connectivity index (χ2v) is 7.14. The van der Waals surface area contributed by atoms with Crippen molar-refractivity contribution < 1.29 is 4.79 Å². The minimum absolute atomic E-state index is 0.221. The van der Waals surface area contributed by atoms with Gasteiger partial charge < -0.3 is 10.6 Å². The van der Waals surface area contributed by atoms with E-state index in [2.05, 4.69) is 25.9 Å². The molecule has 2 amide bonds. The summed E-state index contributed by atoms with van der Waals surface area (Å²) in [5.74, 6) is 0.568. The predicted molar refractivity (Wildman–Crippen MR) is 106 cm³/mol. The maximum atomic E-state index is 12.2. The first-order valence-corrected chi connectivity index (χ1v) is 9.35. The molecule has 0 radical (unpaired) electrons. The fourth-order valence-electron chi connectivity index (χ4n) is 2.65. The molecule has 1 aromatic carbocycles. The molecular formula is C19H18N6OS. The van der Waals surface area contributed by atoms with E-state index >= 15 is 0 Å². The maximum absolute atomic E-state index is 12.2. The molecule has 0 aliphatic carbocycles. The second kappa shape index (κ2) is 7.16. The Kier molecular flexibility index (Phi) is 4.55. The fraction of sp³-hybridized carbons (Fsp3) is 0.158. The molecule has 8 heteroatoms. The van der Waals surface area contributed by atoms with Crippen molar-refractivity contribution in [3.63, 3.8) is 0 Å². The molecule has 0 saturated heterocycles. The zero-order valence-electron chi connectivity index (χ0n) is 14.9. The monoisotopic (exact) mass is 378 g/mol. The molecule has 7 nitrogen and oxygen atoms in total. The van der Waals surface area contributed by atoms with Gasteiger partial charge in [0.2, 0.25) is 0 Å². The number of fused-ring (bicyclic) bond motifs is 1. The van der Waals surface area contributed by atoms with Crippen LogP contribution in [-0.4, -0.2) is 25.8 Å². The molecule has 0 unspecified atom stereocenters. The van der Waals surface area contributed by atoms with Crippen molar-refractivity contribution in [3.05, 3.63) is 64.8 Å². The highest BCUT2D eigenvalue weighted by molar-refractivity contribution is 7.13. The summed E-state index contributed by atoms with van der Waals surface area (Å²) in [4.78, 5) is 13.3. The van der Waals surface area contributed by atoms with Gasteiger partial charge in [0.15, 0.2) is 11.5 Å². The Balaban J connectivity index is 1.47. The van der Waals surface area contributed by atoms with Gasteiger partial charge in [-0.05, 0) is 60.7 Å². The molecular weight excluding hydrogens is 360 g/mol. The third-order valence-electron chi connectivity index (χ3n) is 4.27. The van der Waals surface area contributed by atoms with E-state index in [1.54, 1.807) is 15.9 Å². The summed E-state index contributed by atoms with van der Waals surface area (Å²) in [7, 11) is 0. The molecule has 3 aromatic heterocycles. The summed E-state index contributed by atoms with van der Waals surface area (Å²) >= 11 is 1.62. The topological polar surface area (TPSA) is 84.2 Å². The number of benzene rings is 1. The summed E-state index contributed by atoms with van der Waals surface area (Å²) in [5, 5.41) is 20.5. The van der Waals surface area contributed by atoms with Crippen LogP contribution in [0.5, 0.6) is 0 Å². The summed E-state index contributed by atoms with van der Waals surface area (Å²) in [6.07, 6.45) is 0. The lowest BCUT2D eigenvalue weighted by Crippen LogP contribution is -2.29. The molecule has 27 heavy (non-hydrogen) atoms. The number of aromatic nitrogens is 4. The average molecular weight is 378 g/mol. The Bertz CT molecular complexity index is 1100. The average Bonchev–Trinajstić information content (AvgIpc) is 3.32. The predicted octanol–water partition coefficient (Wildman–Crippen LogP) is 3.79. The van der Waals surface area contributed by atoms with Crippen molar-refractivity contribution >= 4 is 28.7 Å². The van der Waals surface area contributed by atoms with Crippen molar-refractivity contribution in [1.29, 1.82) is 0 Å². The Hall–Kier alpha value is -3.26. The van der Waals surface area contributed by atoms with Crippen molar-refractivity contribution in [3.8, 4) is 10.6 Å². The zero-order chi connectivity index (χ0) is 18.8. The first-order valence-electron chi connectivity index (χ1n) is 8.47. The number of carbonyl (C=O) groups excluding carboxylic acids is 1. The van der Waals surface area contributed by atoms with E-state index < -0.39 is 0 Å². The molecule has 3 heterocycles. The van der Waals surface area contributed by atoms with Crippen molar-refractivity contribution in [2.75, 3.05) is 5.32 Å². The lowest BCUT2D eigenvalue weighted by Gasteiger charge is -2.08. The van der Waals surface area contributed by atoms with E-state index in [0.717, 1.165) is 21.8 Å². The number of amides is 2. The summed E-state index contributed by atoms with van der Waals surface area (Å²) < 4.78 is 1.66. The minimum atomic E-state index is -0.301. The van der Waals surface area contributed by atoms with Gasteiger partial charge in [0, 0.05) is 5.69 Å². The summed E-state index contributed by atoms with van der Waals surface area (Å²) in [6, 6.07) is 13.3. The van der Waals surface area contributed by atoms with Crippen molar-refractivity contribution in [1.82, 2.24) is 25.1 Å². The van der Waals surface area contributed by atoms with E-state index in [1.807, 2.05) is 61.7 Å². The number of hydrogen-bond acceptors (Lipinski definition) is 5. The first kappa shape index (κ1) is 17.2. The molecule has 0 aliphatic rings. The fourth-order valence-corrected chi connectivity index (χ4v) is 3.34. The molecule has 0 spiro atoms. The minimum Gasteiger partial charge on any atom is -0.330 e. The molecule has 0 bridgehead atoms. The van der Waals surface area contributed by atoms with Gasteiger partial charge in [-0.3, -0.25) is 0 Å². The Morgan fingerprint density at radius 3 is 2.78 bits per heavy atom. The van der Waals surface area contributed by atoms with Crippen LogP contribution in [0.15, 0.2) is 47.8 Å². The molecule has 0 atom stereocenters. The standard InChI is InChI=1S/C19H18N6OS/c1-12-5-6-14(10-13(12)2)21-19(26)20-11-18-23-22-17-8-7-15(24-25(17)18)16-4-3-9-27-16/h3-10H,11H2,1-2H3,(H2,20,21,26). The molecule has 0 aliphatic heterocycles. The number of nitrogens with one attached hydrogen (secondary N) is 2. The normalized spacial score (nSPS) is 10.9. The summed E-state index contributed by atoms with van der Waals surface area (Å²) in [5.41, 5.74) is 4.55. The van der Waals surface area contributed by atoms with Crippen molar-refractivity contribution in [2.45, 2.75) is 20.4 Å². The third kappa shape index (κ3) is 3.65. The Labute approximate surface area is 160 Å². The molecule has 2 N–H and O–H groups in total. The lowest BCUT2D eigenvalue weighted by atomic mass is 10.1.